The number of rotatable bonds is 6. The molecule has 3 aromatic rings. The lowest BCUT2D eigenvalue weighted by atomic mass is 9.83. The Morgan fingerprint density at radius 1 is 1.17 bits per heavy atom. The van der Waals surface area contributed by atoms with E-state index in [2.05, 4.69) is 10.3 Å². The number of benzene rings is 1. The number of halogens is 1. The van der Waals surface area contributed by atoms with Crippen molar-refractivity contribution in [2.24, 2.45) is 0 Å². The molecule has 3 aliphatic rings. The molecular formula is C29H32FN4O6PS. The van der Waals surface area contributed by atoms with E-state index in [1.165, 1.54) is 24.3 Å². The summed E-state index contributed by atoms with van der Waals surface area (Å²) in [6, 6.07) is 8.20. The van der Waals surface area contributed by atoms with Crippen molar-refractivity contribution in [3.63, 3.8) is 0 Å². The fourth-order valence-electron chi connectivity index (χ4n) is 6.55. The number of carbonyl (C=O) groups excluding carboxylic acids is 3. The molecule has 3 fully saturated rings. The van der Waals surface area contributed by atoms with Crippen molar-refractivity contribution in [3.05, 3.63) is 64.8 Å². The summed E-state index contributed by atoms with van der Waals surface area (Å²) in [5.74, 6) is -3.00. The van der Waals surface area contributed by atoms with E-state index < -0.39 is 31.5 Å². The largest absolute Gasteiger partial charge is 0.363 e. The lowest BCUT2D eigenvalue weighted by molar-refractivity contribution is -0.151. The third-order valence-corrected chi connectivity index (χ3v) is 10.9. The molecule has 0 saturated carbocycles. The molecule has 2 aromatic heterocycles. The van der Waals surface area contributed by atoms with Crippen LogP contribution in [0.25, 0.3) is 10.1 Å². The number of likely N-dealkylation sites (tertiary alicyclic amines) is 1. The summed E-state index contributed by atoms with van der Waals surface area (Å²) in [6.45, 7) is 2.60. The molecule has 2 unspecified atom stereocenters. The third kappa shape index (κ3) is 5.25. The summed E-state index contributed by atoms with van der Waals surface area (Å²) in [4.78, 5) is 67.2. The first-order chi connectivity index (χ1) is 20.0. The Labute approximate surface area is 246 Å². The minimum Gasteiger partial charge on any atom is -0.340 e. The predicted molar refractivity (Wildman–Crippen MR) is 155 cm³/mol. The van der Waals surface area contributed by atoms with Crippen molar-refractivity contribution in [1.29, 1.82) is 0 Å². The van der Waals surface area contributed by atoms with E-state index in [1.54, 1.807) is 11.1 Å². The maximum atomic E-state index is 14.2. The Bertz CT molecular complexity index is 1580. The molecule has 0 radical (unpaired) electrons. The molecule has 3 aliphatic heterocycles. The molecule has 6 atom stereocenters. The molecular weight excluding hydrogens is 582 g/mol. The van der Waals surface area contributed by atoms with Gasteiger partial charge in [0.1, 0.15) is 12.1 Å². The molecule has 222 valence electrons. The van der Waals surface area contributed by atoms with Gasteiger partial charge in [-0.3, -0.25) is 23.9 Å². The van der Waals surface area contributed by atoms with Crippen LogP contribution in [0.15, 0.2) is 48.8 Å². The van der Waals surface area contributed by atoms with Gasteiger partial charge in [-0.1, -0.05) is 12.1 Å². The second kappa shape index (κ2) is 11.1. The number of nitrogens with one attached hydrogen (secondary N) is 1. The van der Waals surface area contributed by atoms with Gasteiger partial charge in [0.05, 0.1) is 4.88 Å². The zero-order valence-corrected chi connectivity index (χ0v) is 24.6. The zero-order valence-electron chi connectivity index (χ0n) is 22.9. The number of nitrogens with zero attached hydrogens (tertiary/aromatic N) is 3. The van der Waals surface area contributed by atoms with Crippen LogP contribution < -0.4 is 5.32 Å². The Hall–Kier alpha value is -3.18. The van der Waals surface area contributed by atoms with Crippen molar-refractivity contribution >= 4 is 46.7 Å². The predicted octanol–water partition coefficient (Wildman–Crippen LogP) is 4.10. The van der Waals surface area contributed by atoms with Gasteiger partial charge < -0.3 is 24.9 Å². The second-order valence-electron chi connectivity index (χ2n) is 11.4. The van der Waals surface area contributed by atoms with Gasteiger partial charge in [-0.05, 0) is 79.8 Å². The smallest absolute Gasteiger partial charge is 0.340 e. The van der Waals surface area contributed by atoms with E-state index in [0.29, 0.717) is 34.3 Å². The molecule has 3 saturated heterocycles. The monoisotopic (exact) mass is 614 g/mol. The quantitative estimate of drug-likeness (QED) is 0.355. The summed E-state index contributed by atoms with van der Waals surface area (Å²) in [7, 11) is -4.97. The molecule has 1 aromatic carbocycles. The highest BCUT2D eigenvalue weighted by Crippen LogP contribution is 2.53. The standard InChI is InChI=1S/C29H32FN4O6PS/c1-16-21(18-4-3-11-31-14-18)15-33(16)29(37)23-9-8-20-5-2-6-22(28(36)34(20)23)32-27(35)25-13-19-12-17(7-10-24(19)42-25)26(30)41(38,39)40/h3-4,7,10-14,16,20-23,26H,2,5-6,8-9,15H2,1H3,(H,32,35)(H2,38,39,40)/t16-,20-,21+,22-,23?,26?/m0/s1. The fraction of sp³-hybridized carbons (Fsp3) is 0.448. The highest BCUT2D eigenvalue weighted by Gasteiger charge is 2.49. The van der Waals surface area contributed by atoms with Gasteiger partial charge in [-0.15, -0.1) is 11.3 Å². The number of hydrogen-bond acceptors (Lipinski definition) is 6. The zero-order chi connectivity index (χ0) is 29.8. The molecule has 10 nitrogen and oxygen atoms in total. The summed E-state index contributed by atoms with van der Waals surface area (Å²) in [6.07, 6.45) is 6.86. The van der Waals surface area contributed by atoms with Gasteiger partial charge >= 0.3 is 7.60 Å². The average Bonchev–Trinajstić information content (AvgIpc) is 3.55. The number of thiophene rings is 1. The van der Waals surface area contributed by atoms with Crippen LogP contribution in [0, 0.1) is 0 Å². The first-order valence-corrected chi connectivity index (χ1v) is 16.6. The molecule has 3 amide bonds. The molecule has 5 heterocycles. The van der Waals surface area contributed by atoms with Crippen molar-refractivity contribution in [3.8, 4) is 0 Å². The Morgan fingerprint density at radius 3 is 2.69 bits per heavy atom. The topological polar surface area (TPSA) is 140 Å². The summed E-state index contributed by atoms with van der Waals surface area (Å²) in [5, 5.41) is 3.34. The summed E-state index contributed by atoms with van der Waals surface area (Å²) >= 11 is 1.15. The van der Waals surface area contributed by atoms with E-state index in [9.17, 15) is 33.1 Å². The number of pyridine rings is 1. The molecule has 42 heavy (non-hydrogen) atoms. The SMILES string of the molecule is C[C@H]1[C@H](c2cccnc2)CN1C(=O)C1CC[C@@H]2CCC[C@H](NC(=O)c3cc4cc(C(F)P(=O)(O)O)ccc4s3)C(=O)N12. The maximum Gasteiger partial charge on any atom is 0.363 e. The van der Waals surface area contributed by atoms with Crippen molar-refractivity contribution < 1.29 is 33.1 Å². The Morgan fingerprint density at radius 2 is 1.98 bits per heavy atom. The second-order valence-corrected chi connectivity index (χ2v) is 14.1. The van der Waals surface area contributed by atoms with Gasteiger partial charge in [-0.2, -0.15) is 0 Å². The van der Waals surface area contributed by atoms with Crippen LogP contribution in [0.2, 0.25) is 0 Å². The van der Waals surface area contributed by atoms with Crippen LogP contribution in [-0.2, 0) is 14.2 Å². The number of alkyl halides is 1. The van der Waals surface area contributed by atoms with E-state index in [-0.39, 0.29) is 35.4 Å². The first-order valence-electron chi connectivity index (χ1n) is 14.1. The van der Waals surface area contributed by atoms with Gasteiger partial charge in [-0.25, -0.2) is 4.39 Å². The van der Waals surface area contributed by atoms with Crippen LogP contribution in [0.3, 0.4) is 0 Å². The molecule has 3 N–H and O–H groups in total. The Balaban J connectivity index is 1.15. The highest BCUT2D eigenvalue weighted by atomic mass is 32.1. The van der Waals surface area contributed by atoms with Crippen LogP contribution in [0.5, 0.6) is 0 Å². The lowest BCUT2D eigenvalue weighted by Gasteiger charge is -2.48. The van der Waals surface area contributed by atoms with Crippen LogP contribution in [-0.4, -0.2) is 73.0 Å². The van der Waals surface area contributed by atoms with E-state index >= 15 is 0 Å². The first kappa shape index (κ1) is 28.9. The van der Waals surface area contributed by atoms with Gasteiger partial charge in [0.2, 0.25) is 17.7 Å². The number of hydrogen-bond donors (Lipinski definition) is 3. The Kier molecular flexibility index (Phi) is 7.67. The highest BCUT2D eigenvalue weighted by molar-refractivity contribution is 7.51. The van der Waals surface area contributed by atoms with Crippen molar-refractivity contribution in [1.82, 2.24) is 20.1 Å². The fourth-order valence-corrected chi connectivity index (χ4v) is 8.05. The number of fused-ring (bicyclic) bond motifs is 2. The van der Waals surface area contributed by atoms with E-state index in [1.807, 2.05) is 30.2 Å². The lowest BCUT2D eigenvalue weighted by Crippen LogP contribution is -2.62. The third-order valence-electron chi connectivity index (χ3n) is 8.87. The average molecular weight is 615 g/mol. The van der Waals surface area contributed by atoms with Gasteiger partial charge in [0.15, 0.2) is 0 Å². The van der Waals surface area contributed by atoms with Crippen LogP contribution in [0.1, 0.15) is 71.7 Å². The molecule has 0 aliphatic carbocycles. The van der Waals surface area contributed by atoms with Crippen LogP contribution in [0.4, 0.5) is 4.39 Å². The van der Waals surface area contributed by atoms with E-state index in [0.717, 1.165) is 36.2 Å². The maximum absolute atomic E-state index is 14.2. The van der Waals surface area contributed by atoms with Crippen molar-refractivity contribution in [2.45, 2.75) is 75.0 Å². The number of amides is 3. The summed E-state index contributed by atoms with van der Waals surface area (Å²) < 4.78 is 26.2. The molecule has 0 spiro atoms. The minimum absolute atomic E-state index is 0.00109. The number of carbonyl (C=O) groups is 3. The van der Waals surface area contributed by atoms with Crippen LogP contribution >= 0.6 is 18.9 Å². The molecule has 0 bridgehead atoms. The molecule has 13 heteroatoms. The molecule has 6 rings (SSSR count). The van der Waals surface area contributed by atoms with E-state index in [4.69, 9.17) is 0 Å². The van der Waals surface area contributed by atoms with Gasteiger partial charge in [0, 0.05) is 41.6 Å². The van der Waals surface area contributed by atoms with Gasteiger partial charge in [0.25, 0.3) is 5.91 Å². The summed E-state index contributed by atoms with van der Waals surface area (Å²) in [5.41, 5.74) is 0.925. The number of aromatic nitrogens is 1. The normalized spacial score (nSPS) is 26.9. The van der Waals surface area contributed by atoms with Crippen molar-refractivity contribution in [2.75, 3.05) is 6.54 Å². The minimum atomic E-state index is -4.97.